The Morgan fingerprint density at radius 3 is 2.61 bits per heavy atom. The van der Waals surface area contributed by atoms with Gasteiger partial charge in [-0.3, -0.25) is 4.79 Å². The summed E-state index contributed by atoms with van der Waals surface area (Å²) in [5, 5.41) is 8.40. The van der Waals surface area contributed by atoms with E-state index in [1.807, 2.05) is 17.7 Å². The summed E-state index contributed by atoms with van der Waals surface area (Å²) in [6.07, 6.45) is 2.17. The number of hydrogen-bond acceptors (Lipinski definition) is 5. The fraction of sp³-hybridized carbons (Fsp3) is 0.417. The summed E-state index contributed by atoms with van der Waals surface area (Å²) >= 11 is 0. The molecule has 4 rings (SSSR count). The molecule has 0 atom stereocenters. The SMILES string of the molecule is CCOC(=O)c1cccc(NC(=O)c2cc(C3CC3)nc3c2c(C)nn3C(C)(C)C)c1. The average Bonchev–Trinajstić information content (AvgIpc) is 3.50. The lowest BCUT2D eigenvalue weighted by Gasteiger charge is -2.20. The number of carbonyl (C=O) groups is 2. The zero-order chi connectivity index (χ0) is 22.3. The molecule has 7 heteroatoms. The number of ether oxygens (including phenoxy) is 1. The van der Waals surface area contributed by atoms with Crippen LogP contribution in [0.25, 0.3) is 11.0 Å². The second-order valence-corrected chi connectivity index (χ2v) is 8.99. The van der Waals surface area contributed by atoms with Crippen LogP contribution in [0.3, 0.4) is 0 Å². The van der Waals surface area contributed by atoms with Crippen molar-refractivity contribution in [2.45, 2.75) is 58.9 Å². The first-order valence-electron chi connectivity index (χ1n) is 10.7. The van der Waals surface area contributed by atoms with Gasteiger partial charge in [-0.2, -0.15) is 5.10 Å². The summed E-state index contributed by atoms with van der Waals surface area (Å²) < 4.78 is 6.96. The predicted octanol–water partition coefficient (Wildman–Crippen LogP) is 4.80. The van der Waals surface area contributed by atoms with Gasteiger partial charge in [0, 0.05) is 17.3 Å². The number of nitrogens with zero attached hydrogens (tertiary/aromatic N) is 3. The van der Waals surface area contributed by atoms with E-state index in [2.05, 4.69) is 26.1 Å². The Labute approximate surface area is 181 Å². The van der Waals surface area contributed by atoms with E-state index >= 15 is 0 Å². The molecule has 1 amide bonds. The van der Waals surface area contributed by atoms with Crippen LogP contribution in [-0.4, -0.2) is 33.2 Å². The first-order valence-corrected chi connectivity index (χ1v) is 10.7. The third kappa shape index (κ3) is 4.17. The van der Waals surface area contributed by atoms with Crippen molar-refractivity contribution in [1.82, 2.24) is 14.8 Å². The van der Waals surface area contributed by atoms with Crippen molar-refractivity contribution in [1.29, 1.82) is 0 Å². The Kier molecular flexibility index (Phi) is 5.29. The van der Waals surface area contributed by atoms with Gasteiger partial charge in [-0.1, -0.05) is 6.07 Å². The van der Waals surface area contributed by atoms with Gasteiger partial charge in [-0.05, 0) is 71.7 Å². The molecule has 1 N–H and O–H groups in total. The monoisotopic (exact) mass is 420 g/mol. The van der Waals surface area contributed by atoms with Gasteiger partial charge < -0.3 is 10.1 Å². The quantitative estimate of drug-likeness (QED) is 0.599. The summed E-state index contributed by atoms with van der Waals surface area (Å²) in [5.74, 6) is -0.262. The Hall–Kier alpha value is -3.22. The van der Waals surface area contributed by atoms with Gasteiger partial charge in [0.1, 0.15) is 0 Å². The molecule has 0 spiro atoms. The van der Waals surface area contributed by atoms with Crippen LogP contribution in [0.2, 0.25) is 0 Å². The molecule has 31 heavy (non-hydrogen) atoms. The van der Waals surface area contributed by atoms with Crippen LogP contribution >= 0.6 is 0 Å². The molecule has 2 heterocycles. The van der Waals surface area contributed by atoms with Crippen molar-refractivity contribution < 1.29 is 14.3 Å². The van der Waals surface area contributed by atoms with E-state index < -0.39 is 5.97 Å². The predicted molar refractivity (Wildman–Crippen MR) is 120 cm³/mol. The topological polar surface area (TPSA) is 86.1 Å². The van der Waals surface area contributed by atoms with Gasteiger partial charge >= 0.3 is 5.97 Å². The number of fused-ring (bicyclic) bond motifs is 1. The first kappa shape index (κ1) is 21.0. The zero-order valence-electron chi connectivity index (χ0n) is 18.7. The number of nitrogens with one attached hydrogen (secondary N) is 1. The van der Waals surface area contributed by atoms with Crippen molar-refractivity contribution >= 4 is 28.6 Å². The number of carbonyl (C=O) groups excluding carboxylic acids is 2. The molecule has 7 nitrogen and oxygen atoms in total. The molecule has 2 aromatic heterocycles. The van der Waals surface area contributed by atoms with Crippen LogP contribution in [0.5, 0.6) is 0 Å². The number of esters is 1. The molecule has 0 bridgehead atoms. The fourth-order valence-corrected chi connectivity index (χ4v) is 3.68. The lowest BCUT2D eigenvalue weighted by Crippen LogP contribution is -2.23. The van der Waals surface area contributed by atoms with Gasteiger partial charge in [0.15, 0.2) is 5.65 Å². The molecule has 1 saturated carbocycles. The molecule has 1 aliphatic carbocycles. The Bertz CT molecular complexity index is 1170. The highest BCUT2D eigenvalue weighted by molar-refractivity contribution is 6.13. The second kappa shape index (κ2) is 7.80. The molecule has 1 fully saturated rings. The summed E-state index contributed by atoms with van der Waals surface area (Å²) in [7, 11) is 0. The van der Waals surface area contributed by atoms with E-state index in [1.165, 1.54) is 0 Å². The molecule has 0 saturated heterocycles. The molecule has 1 aliphatic rings. The Balaban J connectivity index is 1.75. The van der Waals surface area contributed by atoms with Crippen molar-refractivity contribution in [3.63, 3.8) is 0 Å². The van der Waals surface area contributed by atoms with E-state index in [4.69, 9.17) is 14.8 Å². The molecular formula is C24H28N4O3. The van der Waals surface area contributed by atoms with Gasteiger partial charge in [0.2, 0.25) is 0 Å². The van der Waals surface area contributed by atoms with Crippen LogP contribution < -0.4 is 5.32 Å². The molecule has 0 unspecified atom stereocenters. The van der Waals surface area contributed by atoms with Crippen LogP contribution in [0.1, 0.15) is 78.6 Å². The lowest BCUT2D eigenvalue weighted by atomic mass is 10.1. The maximum absolute atomic E-state index is 13.3. The third-order valence-corrected chi connectivity index (χ3v) is 5.34. The smallest absolute Gasteiger partial charge is 0.338 e. The van der Waals surface area contributed by atoms with Crippen molar-refractivity contribution in [3.05, 3.63) is 52.8 Å². The van der Waals surface area contributed by atoms with Gasteiger partial charge in [0.25, 0.3) is 5.91 Å². The summed E-state index contributed by atoms with van der Waals surface area (Å²) in [5.41, 5.74) is 3.67. The molecule has 0 radical (unpaired) electrons. The number of pyridine rings is 1. The number of aromatic nitrogens is 3. The number of benzene rings is 1. The lowest BCUT2D eigenvalue weighted by molar-refractivity contribution is 0.0526. The minimum absolute atomic E-state index is 0.244. The number of amides is 1. The highest BCUT2D eigenvalue weighted by Crippen LogP contribution is 2.41. The van der Waals surface area contributed by atoms with Gasteiger partial charge in [-0.15, -0.1) is 0 Å². The number of hydrogen-bond donors (Lipinski definition) is 1. The van der Waals surface area contributed by atoms with Gasteiger partial charge in [0.05, 0.1) is 34.4 Å². The van der Waals surface area contributed by atoms with E-state index in [-0.39, 0.29) is 11.4 Å². The normalized spacial score (nSPS) is 14.0. The molecule has 1 aromatic carbocycles. The largest absolute Gasteiger partial charge is 0.462 e. The number of rotatable bonds is 5. The molecule has 162 valence electrons. The van der Waals surface area contributed by atoms with Gasteiger partial charge in [-0.25, -0.2) is 14.5 Å². The minimum Gasteiger partial charge on any atom is -0.462 e. The van der Waals surface area contributed by atoms with Crippen molar-refractivity contribution in [3.8, 4) is 0 Å². The average molecular weight is 421 g/mol. The highest BCUT2D eigenvalue weighted by atomic mass is 16.5. The molecular weight excluding hydrogens is 392 g/mol. The summed E-state index contributed by atoms with van der Waals surface area (Å²) in [6, 6.07) is 8.67. The minimum atomic E-state index is -0.414. The molecule has 3 aromatic rings. The summed E-state index contributed by atoms with van der Waals surface area (Å²) in [6.45, 7) is 10.2. The maximum atomic E-state index is 13.3. The maximum Gasteiger partial charge on any atom is 0.338 e. The van der Waals surface area contributed by atoms with Crippen LogP contribution in [0.15, 0.2) is 30.3 Å². The number of anilines is 1. The van der Waals surface area contributed by atoms with Crippen molar-refractivity contribution in [2.24, 2.45) is 0 Å². The van der Waals surface area contributed by atoms with E-state index in [0.717, 1.165) is 35.3 Å². The first-order chi connectivity index (χ1) is 14.7. The Morgan fingerprint density at radius 1 is 1.23 bits per heavy atom. The summed E-state index contributed by atoms with van der Waals surface area (Å²) in [4.78, 5) is 30.3. The highest BCUT2D eigenvalue weighted by Gasteiger charge is 2.30. The van der Waals surface area contributed by atoms with E-state index in [9.17, 15) is 9.59 Å². The standard InChI is InChI=1S/C24H28N4O3/c1-6-31-23(30)16-8-7-9-17(12-16)25-22(29)18-13-19(15-10-11-15)26-21-20(18)14(2)27-28(21)24(3,4)5/h7-9,12-13,15H,6,10-11H2,1-5H3,(H,25,29). The van der Waals surface area contributed by atoms with Crippen LogP contribution in [-0.2, 0) is 10.3 Å². The zero-order valence-corrected chi connectivity index (χ0v) is 18.7. The van der Waals surface area contributed by atoms with Crippen molar-refractivity contribution in [2.75, 3.05) is 11.9 Å². The number of aryl methyl sites for hydroxylation is 1. The van der Waals surface area contributed by atoms with E-state index in [0.29, 0.717) is 29.3 Å². The molecule has 0 aliphatic heterocycles. The van der Waals surface area contributed by atoms with Crippen LogP contribution in [0, 0.1) is 6.92 Å². The second-order valence-electron chi connectivity index (χ2n) is 8.99. The third-order valence-electron chi connectivity index (χ3n) is 5.34. The van der Waals surface area contributed by atoms with Crippen LogP contribution in [0.4, 0.5) is 5.69 Å². The Morgan fingerprint density at radius 2 is 1.97 bits per heavy atom. The van der Waals surface area contributed by atoms with E-state index in [1.54, 1.807) is 31.2 Å². The fourth-order valence-electron chi connectivity index (χ4n) is 3.68.